The Morgan fingerprint density at radius 2 is 1.87 bits per heavy atom. The van der Waals surface area contributed by atoms with Gasteiger partial charge in [0.15, 0.2) is 0 Å². The normalized spacial score (nSPS) is 16.3. The largest absolute Gasteiger partial charge is 0.460 e. The average Bonchev–Trinajstić information content (AvgIpc) is 2.72. The minimum Gasteiger partial charge on any atom is -0.460 e. The Morgan fingerprint density at radius 3 is 2.50 bits per heavy atom. The number of esters is 1. The molecule has 1 unspecified atom stereocenters. The zero-order valence-electron chi connectivity index (χ0n) is 18.1. The van der Waals surface area contributed by atoms with Gasteiger partial charge >= 0.3 is 12.0 Å². The van der Waals surface area contributed by atoms with Crippen LogP contribution in [0.3, 0.4) is 0 Å². The van der Waals surface area contributed by atoms with Crippen LogP contribution < -0.4 is 10.6 Å². The molecule has 1 aliphatic rings. The molecule has 0 aliphatic carbocycles. The second-order valence-electron chi connectivity index (χ2n) is 7.20. The van der Waals surface area contributed by atoms with Crippen molar-refractivity contribution in [2.75, 3.05) is 32.7 Å². The summed E-state index contributed by atoms with van der Waals surface area (Å²) < 4.78 is 10.2. The summed E-state index contributed by atoms with van der Waals surface area (Å²) in [5.74, 6) is -0.531. The van der Waals surface area contributed by atoms with Crippen molar-refractivity contribution >= 4 is 23.6 Å². The number of anilines is 1. The minimum atomic E-state index is -0.641. The van der Waals surface area contributed by atoms with Crippen molar-refractivity contribution in [3.63, 3.8) is 0 Å². The van der Waals surface area contributed by atoms with Crippen molar-refractivity contribution in [3.05, 3.63) is 41.1 Å². The van der Waals surface area contributed by atoms with Crippen LogP contribution in [0, 0.1) is 0 Å². The standard InChI is InChI=1S/C22H31N3O5/c1-5-6-7-8-18(26)23-17-11-9-16(10-12-17)20-19(21(27)30-14-13-29-4)15(2)25(3)22(28)24-20/h9-12,20H,5-8,13-14H2,1-4H3,(H,23,26)(H,24,28). The van der Waals surface area contributed by atoms with E-state index in [1.165, 1.54) is 12.0 Å². The molecular formula is C22H31N3O5. The maximum atomic E-state index is 12.7. The number of allylic oxidation sites excluding steroid dienone is 1. The smallest absolute Gasteiger partial charge is 0.338 e. The number of methoxy groups -OCH3 is 1. The summed E-state index contributed by atoms with van der Waals surface area (Å²) in [7, 11) is 3.13. The van der Waals surface area contributed by atoms with Gasteiger partial charge in [0.25, 0.3) is 0 Å². The molecule has 164 valence electrons. The molecule has 1 atom stereocenters. The maximum Gasteiger partial charge on any atom is 0.338 e. The number of urea groups is 1. The van der Waals surface area contributed by atoms with Crippen molar-refractivity contribution in [1.82, 2.24) is 10.2 Å². The van der Waals surface area contributed by atoms with E-state index in [-0.39, 0.29) is 25.2 Å². The first-order valence-corrected chi connectivity index (χ1v) is 10.2. The monoisotopic (exact) mass is 417 g/mol. The number of rotatable bonds is 10. The van der Waals surface area contributed by atoms with Gasteiger partial charge in [0.1, 0.15) is 6.61 Å². The molecule has 1 aliphatic heterocycles. The van der Waals surface area contributed by atoms with E-state index in [0.717, 1.165) is 24.8 Å². The summed E-state index contributed by atoms with van der Waals surface area (Å²) in [6, 6.07) is 6.15. The molecule has 2 N–H and O–H groups in total. The number of benzene rings is 1. The number of hydrogen-bond acceptors (Lipinski definition) is 5. The molecule has 0 fully saturated rings. The summed E-state index contributed by atoms with van der Waals surface area (Å²) in [6.45, 7) is 4.22. The lowest BCUT2D eigenvalue weighted by molar-refractivity contribution is -0.140. The molecule has 3 amide bonds. The fourth-order valence-corrected chi connectivity index (χ4v) is 3.16. The van der Waals surface area contributed by atoms with Crippen LogP contribution in [0.25, 0.3) is 0 Å². The lowest BCUT2D eigenvalue weighted by atomic mass is 9.95. The first-order chi connectivity index (χ1) is 14.4. The molecule has 0 spiro atoms. The first kappa shape index (κ1) is 23.4. The van der Waals surface area contributed by atoms with Gasteiger partial charge in [0.2, 0.25) is 5.91 Å². The number of carbonyl (C=O) groups excluding carboxylic acids is 3. The summed E-state index contributed by atoms with van der Waals surface area (Å²) in [6.07, 6.45) is 3.44. The molecule has 0 radical (unpaired) electrons. The molecule has 1 heterocycles. The highest BCUT2D eigenvalue weighted by molar-refractivity contribution is 5.95. The molecule has 0 saturated heterocycles. The van der Waals surface area contributed by atoms with Gasteiger partial charge in [0.05, 0.1) is 18.2 Å². The zero-order chi connectivity index (χ0) is 22.1. The van der Waals surface area contributed by atoms with E-state index in [1.807, 2.05) is 0 Å². The maximum absolute atomic E-state index is 12.7. The second kappa shape index (κ2) is 11.3. The van der Waals surface area contributed by atoms with Gasteiger partial charge in [-0.25, -0.2) is 9.59 Å². The number of carbonyl (C=O) groups is 3. The first-order valence-electron chi connectivity index (χ1n) is 10.2. The van der Waals surface area contributed by atoms with E-state index in [0.29, 0.717) is 23.4 Å². The van der Waals surface area contributed by atoms with Gasteiger partial charge < -0.3 is 25.0 Å². The van der Waals surface area contributed by atoms with Gasteiger partial charge in [-0.15, -0.1) is 0 Å². The van der Waals surface area contributed by atoms with Crippen LogP contribution in [-0.4, -0.2) is 50.2 Å². The van der Waals surface area contributed by atoms with Crippen molar-refractivity contribution in [2.45, 2.75) is 45.6 Å². The Bertz CT molecular complexity index is 788. The van der Waals surface area contributed by atoms with E-state index in [9.17, 15) is 14.4 Å². The number of unbranched alkanes of at least 4 members (excludes halogenated alkanes) is 2. The Hall–Kier alpha value is -2.87. The van der Waals surface area contributed by atoms with Gasteiger partial charge in [0, 0.05) is 32.0 Å². The third kappa shape index (κ3) is 6.06. The summed E-state index contributed by atoms with van der Waals surface area (Å²) in [5, 5.41) is 5.71. The van der Waals surface area contributed by atoms with Gasteiger partial charge in [-0.2, -0.15) is 0 Å². The number of hydrogen-bond donors (Lipinski definition) is 2. The Labute approximate surface area is 177 Å². The Kier molecular flexibility index (Phi) is 8.86. The number of ether oxygens (including phenoxy) is 2. The highest BCUT2D eigenvalue weighted by atomic mass is 16.6. The van der Waals surface area contributed by atoms with Gasteiger partial charge in [-0.05, 0) is 31.0 Å². The molecular weight excluding hydrogens is 386 g/mol. The topological polar surface area (TPSA) is 97.0 Å². The minimum absolute atomic E-state index is 0.0260. The molecule has 0 bridgehead atoms. The van der Waals surface area contributed by atoms with E-state index >= 15 is 0 Å². The van der Waals surface area contributed by atoms with Gasteiger partial charge in [-0.1, -0.05) is 31.9 Å². The lowest BCUT2D eigenvalue weighted by Crippen LogP contribution is -2.46. The molecule has 0 aromatic heterocycles. The highest BCUT2D eigenvalue weighted by Gasteiger charge is 2.35. The third-order valence-corrected chi connectivity index (χ3v) is 5.03. The van der Waals surface area contributed by atoms with E-state index in [2.05, 4.69) is 17.6 Å². The molecule has 1 aromatic rings. The van der Waals surface area contributed by atoms with Crippen LogP contribution in [0.4, 0.5) is 10.5 Å². The van der Waals surface area contributed by atoms with Crippen molar-refractivity contribution in [2.24, 2.45) is 0 Å². The van der Waals surface area contributed by atoms with Crippen molar-refractivity contribution < 1.29 is 23.9 Å². The fraction of sp³-hybridized carbons (Fsp3) is 0.500. The highest BCUT2D eigenvalue weighted by Crippen LogP contribution is 2.31. The molecule has 0 saturated carbocycles. The summed E-state index contributed by atoms with van der Waals surface area (Å²) in [5.41, 5.74) is 2.28. The zero-order valence-corrected chi connectivity index (χ0v) is 18.1. The molecule has 30 heavy (non-hydrogen) atoms. The second-order valence-corrected chi connectivity index (χ2v) is 7.20. The Balaban J connectivity index is 2.17. The van der Waals surface area contributed by atoms with Crippen LogP contribution in [0.15, 0.2) is 35.5 Å². The van der Waals surface area contributed by atoms with Crippen molar-refractivity contribution in [1.29, 1.82) is 0 Å². The van der Waals surface area contributed by atoms with Crippen LogP contribution in [0.2, 0.25) is 0 Å². The van der Waals surface area contributed by atoms with Crippen LogP contribution in [-0.2, 0) is 19.1 Å². The quantitative estimate of drug-likeness (QED) is 0.449. The van der Waals surface area contributed by atoms with Crippen LogP contribution in [0.1, 0.15) is 51.1 Å². The molecule has 8 nitrogen and oxygen atoms in total. The van der Waals surface area contributed by atoms with E-state index < -0.39 is 12.0 Å². The van der Waals surface area contributed by atoms with E-state index in [4.69, 9.17) is 9.47 Å². The Morgan fingerprint density at radius 1 is 1.17 bits per heavy atom. The average molecular weight is 418 g/mol. The predicted octanol–water partition coefficient (Wildman–Crippen LogP) is 3.37. The lowest BCUT2D eigenvalue weighted by Gasteiger charge is -2.33. The number of nitrogens with one attached hydrogen (secondary N) is 2. The summed E-state index contributed by atoms with van der Waals surface area (Å²) in [4.78, 5) is 38.4. The molecule has 1 aromatic carbocycles. The third-order valence-electron chi connectivity index (χ3n) is 5.03. The molecule has 2 rings (SSSR count). The fourth-order valence-electron chi connectivity index (χ4n) is 3.16. The SMILES string of the molecule is CCCCCC(=O)Nc1ccc(C2NC(=O)N(C)C(C)=C2C(=O)OCCOC)cc1. The summed E-state index contributed by atoms with van der Waals surface area (Å²) >= 11 is 0. The van der Waals surface area contributed by atoms with Crippen molar-refractivity contribution in [3.8, 4) is 0 Å². The van der Waals surface area contributed by atoms with Crippen LogP contribution >= 0.6 is 0 Å². The predicted molar refractivity (Wildman–Crippen MR) is 114 cm³/mol. The van der Waals surface area contributed by atoms with Gasteiger partial charge in [-0.3, -0.25) is 4.79 Å². The molecule has 8 heteroatoms. The van der Waals surface area contributed by atoms with E-state index in [1.54, 1.807) is 38.2 Å². The number of amides is 3. The number of nitrogens with zero attached hydrogens (tertiary/aromatic N) is 1. The van der Waals surface area contributed by atoms with Crippen LogP contribution in [0.5, 0.6) is 0 Å².